The van der Waals surface area contributed by atoms with E-state index in [0.29, 0.717) is 13.0 Å². The zero-order valence-electron chi connectivity index (χ0n) is 11.2. The summed E-state index contributed by atoms with van der Waals surface area (Å²) in [6.45, 7) is 4.90. The van der Waals surface area contributed by atoms with E-state index in [1.54, 1.807) is 6.07 Å². The molecular weight excluding hydrogens is 227 g/mol. The Balaban J connectivity index is 2.14. The predicted molar refractivity (Wildman–Crippen MR) is 73.0 cm³/mol. The van der Waals surface area contributed by atoms with E-state index in [1.807, 2.05) is 12.1 Å². The zero-order valence-corrected chi connectivity index (χ0v) is 11.2. The van der Waals surface area contributed by atoms with E-state index < -0.39 is 0 Å². The van der Waals surface area contributed by atoms with Gasteiger partial charge < -0.3 is 5.73 Å². The standard InChI is InChI=1S/C15H23FN2/c1-15(12-17,18-9-5-2-6-10-18)11-13-7-3-4-8-14(13)16/h3-4,7-8H,2,5-6,9-12,17H2,1H3. The molecule has 2 rings (SSSR count). The van der Waals surface area contributed by atoms with E-state index in [0.717, 1.165) is 18.7 Å². The molecule has 1 atom stereocenters. The van der Waals surface area contributed by atoms with Gasteiger partial charge in [-0.2, -0.15) is 0 Å². The Labute approximate surface area is 109 Å². The number of nitrogens with zero attached hydrogens (tertiary/aromatic N) is 1. The van der Waals surface area contributed by atoms with Crippen molar-refractivity contribution < 1.29 is 4.39 Å². The number of rotatable bonds is 4. The highest BCUT2D eigenvalue weighted by Crippen LogP contribution is 2.25. The molecule has 0 spiro atoms. The minimum absolute atomic E-state index is 0.116. The van der Waals surface area contributed by atoms with Crippen LogP contribution in [0.25, 0.3) is 0 Å². The smallest absolute Gasteiger partial charge is 0.126 e. The highest BCUT2D eigenvalue weighted by atomic mass is 19.1. The van der Waals surface area contributed by atoms with E-state index in [9.17, 15) is 4.39 Å². The van der Waals surface area contributed by atoms with Crippen LogP contribution in [0.3, 0.4) is 0 Å². The second-order valence-corrected chi connectivity index (χ2v) is 5.52. The van der Waals surface area contributed by atoms with Crippen LogP contribution in [0.2, 0.25) is 0 Å². The quantitative estimate of drug-likeness (QED) is 0.890. The van der Waals surface area contributed by atoms with Crippen LogP contribution >= 0.6 is 0 Å². The minimum atomic E-state index is -0.122. The molecule has 1 saturated heterocycles. The summed E-state index contributed by atoms with van der Waals surface area (Å²) in [5.74, 6) is -0.116. The van der Waals surface area contributed by atoms with Gasteiger partial charge >= 0.3 is 0 Å². The van der Waals surface area contributed by atoms with E-state index in [-0.39, 0.29) is 11.4 Å². The molecule has 0 aliphatic carbocycles. The van der Waals surface area contributed by atoms with Gasteiger partial charge in [-0.3, -0.25) is 4.90 Å². The first kappa shape index (κ1) is 13.5. The summed E-state index contributed by atoms with van der Waals surface area (Å²) in [6.07, 6.45) is 4.45. The maximum atomic E-state index is 13.8. The third-order valence-electron chi connectivity index (χ3n) is 4.09. The fraction of sp³-hybridized carbons (Fsp3) is 0.600. The summed E-state index contributed by atoms with van der Waals surface area (Å²) < 4.78 is 13.8. The molecule has 1 aliphatic heterocycles. The molecule has 0 radical (unpaired) electrons. The maximum Gasteiger partial charge on any atom is 0.126 e. The van der Waals surface area contributed by atoms with Crippen LogP contribution < -0.4 is 5.73 Å². The Bertz CT molecular complexity index is 388. The molecule has 2 nitrogen and oxygen atoms in total. The minimum Gasteiger partial charge on any atom is -0.329 e. The van der Waals surface area contributed by atoms with Crippen LogP contribution in [0.4, 0.5) is 4.39 Å². The molecular formula is C15H23FN2. The van der Waals surface area contributed by atoms with Crippen molar-refractivity contribution in [1.82, 2.24) is 4.90 Å². The van der Waals surface area contributed by atoms with Crippen LogP contribution in [0.1, 0.15) is 31.7 Å². The lowest BCUT2D eigenvalue weighted by molar-refractivity contribution is 0.0863. The summed E-state index contributed by atoms with van der Waals surface area (Å²) in [7, 11) is 0. The first-order valence-electron chi connectivity index (χ1n) is 6.84. The number of likely N-dealkylation sites (tertiary alicyclic amines) is 1. The molecule has 1 fully saturated rings. The van der Waals surface area contributed by atoms with Crippen LogP contribution in [0.15, 0.2) is 24.3 Å². The van der Waals surface area contributed by atoms with E-state index in [4.69, 9.17) is 5.73 Å². The van der Waals surface area contributed by atoms with Gasteiger partial charge in [-0.1, -0.05) is 24.6 Å². The Morgan fingerprint density at radius 3 is 2.50 bits per heavy atom. The van der Waals surface area contributed by atoms with Gasteiger partial charge in [0.2, 0.25) is 0 Å². The SMILES string of the molecule is CC(CN)(Cc1ccccc1F)N1CCCCC1. The first-order chi connectivity index (χ1) is 8.65. The summed E-state index contributed by atoms with van der Waals surface area (Å²) in [5.41, 5.74) is 6.62. The molecule has 0 aromatic heterocycles. The van der Waals surface area contributed by atoms with E-state index in [1.165, 1.54) is 25.3 Å². The maximum absolute atomic E-state index is 13.8. The fourth-order valence-electron chi connectivity index (χ4n) is 2.80. The van der Waals surface area contributed by atoms with Crippen LogP contribution in [-0.4, -0.2) is 30.1 Å². The van der Waals surface area contributed by atoms with Gasteiger partial charge in [0.25, 0.3) is 0 Å². The highest BCUT2D eigenvalue weighted by Gasteiger charge is 2.32. The third-order valence-corrected chi connectivity index (χ3v) is 4.09. The van der Waals surface area contributed by atoms with Gasteiger partial charge in [-0.25, -0.2) is 4.39 Å². The second kappa shape index (κ2) is 5.81. The molecule has 0 saturated carbocycles. The van der Waals surface area contributed by atoms with Gasteiger partial charge in [0.05, 0.1) is 0 Å². The largest absolute Gasteiger partial charge is 0.329 e. The van der Waals surface area contributed by atoms with Crippen molar-refractivity contribution in [2.24, 2.45) is 5.73 Å². The van der Waals surface area contributed by atoms with Crippen LogP contribution in [-0.2, 0) is 6.42 Å². The number of hydrogen-bond donors (Lipinski definition) is 1. The number of halogens is 1. The predicted octanol–water partition coefficient (Wildman–Crippen LogP) is 2.57. The number of nitrogens with two attached hydrogens (primary N) is 1. The first-order valence-corrected chi connectivity index (χ1v) is 6.84. The monoisotopic (exact) mass is 250 g/mol. The van der Waals surface area contributed by atoms with Crippen molar-refractivity contribution in [3.05, 3.63) is 35.6 Å². The molecule has 1 unspecified atom stereocenters. The number of piperidine rings is 1. The molecule has 1 aromatic rings. The summed E-state index contributed by atoms with van der Waals surface area (Å²) >= 11 is 0. The topological polar surface area (TPSA) is 29.3 Å². The average molecular weight is 250 g/mol. The number of benzene rings is 1. The fourth-order valence-corrected chi connectivity index (χ4v) is 2.80. The molecule has 2 N–H and O–H groups in total. The van der Waals surface area contributed by atoms with Gasteiger partial charge in [-0.05, 0) is 50.9 Å². The van der Waals surface area contributed by atoms with Gasteiger partial charge in [0, 0.05) is 12.1 Å². The summed E-state index contributed by atoms with van der Waals surface area (Å²) in [6, 6.07) is 7.03. The Kier molecular flexibility index (Phi) is 4.36. The molecule has 18 heavy (non-hydrogen) atoms. The molecule has 0 bridgehead atoms. The Morgan fingerprint density at radius 1 is 1.22 bits per heavy atom. The van der Waals surface area contributed by atoms with Gasteiger partial charge in [-0.15, -0.1) is 0 Å². The Morgan fingerprint density at radius 2 is 1.89 bits per heavy atom. The van der Waals surface area contributed by atoms with Crippen molar-refractivity contribution in [2.75, 3.05) is 19.6 Å². The highest BCUT2D eigenvalue weighted by molar-refractivity contribution is 5.20. The lowest BCUT2D eigenvalue weighted by atomic mass is 9.89. The van der Waals surface area contributed by atoms with Crippen LogP contribution in [0.5, 0.6) is 0 Å². The van der Waals surface area contributed by atoms with Crippen molar-refractivity contribution in [2.45, 2.75) is 38.1 Å². The Hall–Kier alpha value is -0.930. The molecule has 0 amide bonds. The van der Waals surface area contributed by atoms with Gasteiger partial charge in [0.15, 0.2) is 0 Å². The molecule has 1 aliphatic rings. The van der Waals surface area contributed by atoms with Crippen molar-refractivity contribution in [1.29, 1.82) is 0 Å². The lowest BCUT2D eigenvalue weighted by Gasteiger charge is -2.43. The van der Waals surface area contributed by atoms with Crippen molar-refractivity contribution >= 4 is 0 Å². The third kappa shape index (κ3) is 2.90. The summed E-state index contributed by atoms with van der Waals surface area (Å²) in [5, 5.41) is 0. The van der Waals surface area contributed by atoms with E-state index in [2.05, 4.69) is 11.8 Å². The molecule has 1 heterocycles. The molecule has 1 aromatic carbocycles. The van der Waals surface area contributed by atoms with Gasteiger partial charge in [0.1, 0.15) is 5.82 Å². The lowest BCUT2D eigenvalue weighted by Crippen LogP contribution is -2.55. The van der Waals surface area contributed by atoms with E-state index >= 15 is 0 Å². The van der Waals surface area contributed by atoms with Crippen molar-refractivity contribution in [3.8, 4) is 0 Å². The molecule has 100 valence electrons. The van der Waals surface area contributed by atoms with Crippen LogP contribution in [0, 0.1) is 5.82 Å². The second-order valence-electron chi connectivity index (χ2n) is 5.52. The average Bonchev–Trinajstić information content (AvgIpc) is 2.42. The zero-order chi connectivity index (χ0) is 13.0. The number of hydrogen-bond acceptors (Lipinski definition) is 2. The molecule has 3 heteroatoms. The normalized spacial score (nSPS) is 20.6. The van der Waals surface area contributed by atoms with Crippen molar-refractivity contribution in [3.63, 3.8) is 0 Å². The summed E-state index contributed by atoms with van der Waals surface area (Å²) in [4.78, 5) is 2.43.